The standard InChI is InChI=1S/C15H22FIN2/c1-2-3-4-15(19-9-7-18-8-10-19)13-11-12(17)5-6-14(13)16/h5-6,11,15,18H,2-4,7-10H2,1H3/t15-/m1/s1. The minimum Gasteiger partial charge on any atom is -0.314 e. The number of nitrogens with one attached hydrogen (secondary N) is 1. The summed E-state index contributed by atoms with van der Waals surface area (Å²) in [5, 5.41) is 3.37. The molecule has 1 fully saturated rings. The van der Waals surface area contributed by atoms with Gasteiger partial charge in [-0.3, -0.25) is 4.90 Å². The van der Waals surface area contributed by atoms with Crippen LogP contribution in [0.5, 0.6) is 0 Å². The quantitative estimate of drug-likeness (QED) is 0.791. The Morgan fingerprint density at radius 3 is 2.79 bits per heavy atom. The molecule has 4 heteroatoms. The van der Waals surface area contributed by atoms with E-state index in [1.54, 1.807) is 6.07 Å². The van der Waals surface area contributed by atoms with E-state index in [0.29, 0.717) is 0 Å². The Kier molecular flexibility index (Phi) is 6.04. The van der Waals surface area contributed by atoms with Gasteiger partial charge in [-0.1, -0.05) is 19.8 Å². The smallest absolute Gasteiger partial charge is 0.128 e. The Hall–Kier alpha value is -0.200. The highest BCUT2D eigenvalue weighted by atomic mass is 127. The van der Waals surface area contributed by atoms with Crippen molar-refractivity contribution in [2.24, 2.45) is 0 Å². The SMILES string of the molecule is CCCC[C@H](c1cc(I)ccc1F)N1CCNCC1. The lowest BCUT2D eigenvalue weighted by Gasteiger charge is -2.35. The van der Waals surface area contributed by atoms with Gasteiger partial charge in [-0.25, -0.2) is 4.39 Å². The molecule has 0 aromatic heterocycles. The summed E-state index contributed by atoms with van der Waals surface area (Å²) in [6.07, 6.45) is 3.36. The topological polar surface area (TPSA) is 15.3 Å². The predicted octanol–water partition coefficient (Wildman–Crippen LogP) is 3.57. The number of unbranched alkanes of at least 4 members (excludes halogenated alkanes) is 1. The van der Waals surface area contributed by atoms with Crippen molar-refractivity contribution in [1.29, 1.82) is 0 Å². The van der Waals surface area contributed by atoms with Crippen molar-refractivity contribution >= 4 is 22.6 Å². The molecule has 0 spiro atoms. The van der Waals surface area contributed by atoms with Gasteiger partial charge in [-0.2, -0.15) is 0 Å². The zero-order valence-electron chi connectivity index (χ0n) is 11.5. The molecule has 1 N–H and O–H groups in total. The summed E-state index contributed by atoms with van der Waals surface area (Å²) in [6, 6.07) is 5.70. The maximum Gasteiger partial charge on any atom is 0.128 e. The summed E-state index contributed by atoms with van der Waals surface area (Å²) in [5.41, 5.74) is 0.877. The molecule has 2 nitrogen and oxygen atoms in total. The second-order valence-corrected chi connectivity index (χ2v) is 6.36. The first-order chi connectivity index (χ1) is 9.22. The molecular formula is C15H22FIN2. The van der Waals surface area contributed by atoms with Crippen LogP contribution in [0.15, 0.2) is 18.2 Å². The van der Waals surface area contributed by atoms with Crippen LogP contribution in [0.25, 0.3) is 0 Å². The van der Waals surface area contributed by atoms with Crippen molar-refractivity contribution in [3.05, 3.63) is 33.1 Å². The molecule has 1 heterocycles. The van der Waals surface area contributed by atoms with E-state index in [0.717, 1.165) is 54.6 Å². The van der Waals surface area contributed by atoms with Crippen molar-refractivity contribution in [3.63, 3.8) is 0 Å². The van der Waals surface area contributed by atoms with Gasteiger partial charge in [0.1, 0.15) is 5.82 Å². The number of nitrogens with zero attached hydrogens (tertiary/aromatic N) is 1. The second-order valence-electron chi connectivity index (χ2n) is 5.11. The molecule has 1 atom stereocenters. The minimum absolute atomic E-state index is 0.0555. The average molecular weight is 376 g/mol. The molecule has 2 rings (SSSR count). The first kappa shape index (κ1) is 15.2. The van der Waals surface area contributed by atoms with E-state index in [9.17, 15) is 4.39 Å². The third kappa shape index (κ3) is 4.13. The van der Waals surface area contributed by atoms with Crippen molar-refractivity contribution in [2.45, 2.75) is 32.2 Å². The molecular weight excluding hydrogens is 354 g/mol. The van der Waals surface area contributed by atoms with E-state index in [2.05, 4.69) is 39.7 Å². The maximum atomic E-state index is 14.2. The molecule has 0 amide bonds. The second kappa shape index (κ2) is 7.55. The van der Waals surface area contributed by atoms with Crippen molar-refractivity contribution in [1.82, 2.24) is 10.2 Å². The molecule has 19 heavy (non-hydrogen) atoms. The number of benzene rings is 1. The molecule has 1 aromatic rings. The Balaban J connectivity index is 2.22. The first-order valence-electron chi connectivity index (χ1n) is 7.12. The third-order valence-corrected chi connectivity index (χ3v) is 4.41. The van der Waals surface area contributed by atoms with E-state index >= 15 is 0 Å². The molecule has 1 aromatic carbocycles. The average Bonchev–Trinajstić information content (AvgIpc) is 2.44. The van der Waals surface area contributed by atoms with Crippen molar-refractivity contribution in [2.75, 3.05) is 26.2 Å². The first-order valence-corrected chi connectivity index (χ1v) is 8.20. The maximum absolute atomic E-state index is 14.2. The molecule has 0 saturated carbocycles. The Morgan fingerprint density at radius 1 is 1.37 bits per heavy atom. The number of halogens is 2. The molecule has 106 valence electrons. The fourth-order valence-electron chi connectivity index (χ4n) is 2.70. The summed E-state index contributed by atoms with van der Waals surface area (Å²) in [5.74, 6) is -0.0555. The van der Waals surface area contributed by atoms with Crippen LogP contribution in [0.2, 0.25) is 0 Å². The molecule has 0 bridgehead atoms. The fourth-order valence-corrected chi connectivity index (χ4v) is 3.21. The third-order valence-electron chi connectivity index (χ3n) is 3.74. The lowest BCUT2D eigenvalue weighted by Crippen LogP contribution is -2.45. The fraction of sp³-hybridized carbons (Fsp3) is 0.600. The van der Waals surface area contributed by atoms with Gasteiger partial charge in [0.05, 0.1) is 0 Å². The van der Waals surface area contributed by atoms with Crippen LogP contribution in [0.3, 0.4) is 0 Å². The summed E-state index contributed by atoms with van der Waals surface area (Å²) >= 11 is 2.27. The molecule has 1 aliphatic heterocycles. The Bertz CT molecular complexity index is 405. The van der Waals surface area contributed by atoms with Gasteiger partial charge in [0, 0.05) is 41.4 Å². The molecule has 1 aliphatic rings. The minimum atomic E-state index is -0.0555. The lowest BCUT2D eigenvalue weighted by molar-refractivity contribution is 0.160. The summed E-state index contributed by atoms with van der Waals surface area (Å²) < 4.78 is 15.3. The van der Waals surface area contributed by atoms with Crippen LogP contribution >= 0.6 is 22.6 Å². The Morgan fingerprint density at radius 2 is 2.11 bits per heavy atom. The number of hydrogen-bond donors (Lipinski definition) is 1. The number of rotatable bonds is 5. The van der Waals surface area contributed by atoms with Crippen LogP contribution in [0.4, 0.5) is 4.39 Å². The van der Waals surface area contributed by atoms with E-state index in [1.807, 2.05) is 12.1 Å². The van der Waals surface area contributed by atoms with Crippen LogP contribution in [0.1, 0.15) is 37.8 Å². The van der Waals surface area contributed by atoms with Gasteiger partial charge in [0.25, 0.3) is 0 Å². The Labute approximate surface area is 128 Å². The van der Waals surface area contributed by atoms with Gasteiger partial charge in [0.15, 0.2) is 0 Å². The van der Waals surface area contributed by atoms with Crippen molar-refractivity contribution < 1.29 is 4.39 Å². The lowest BCUT2D eigenvalue weighted by atomic mass is 9.98. The van der Waals surface area contributed by atoms with Crippen LogP contribution in [-0.4, -0.2) is 31.1 Å². The van der Waals surface area contributed by atoms with Crippen LogP contribution < -0.4 is 5.32 Å². The summed E-state index contributed by atoms with van der Waals surface area (Å²) in [6.45, 7) is 6.24. The number of piperazine rings is 1. The highest BCUT2D eigenvalue weighted by molar-refractivity contribution is 14.1. The molecule has 0 aliphatic carbocycles. The normalized spacial score (nSPS) is 18.5. The molecule has 0 radical (unpaired) electrons. The zero-order chi connectivity index (χ0) is 13.7. The zero-order valence-corrected chi connectivity index (χ0v) is 13.6. The van der Waals surface area contributed by atoms with Crippen LogP contribution in [-0.2, 0) is 0 Å². The summed E-state index contributed by atoms with van der Waals surface area (Å²) in [4.78, 5) is 2.43. The van der Waals surface area contributed by atoms with Gasteiger partial charge >= 0.3 is 0 Å². The van der Waals surface area contributed by atoms with E-state index in [1.165, 1.54) is 0 Å². The highest BCUT2D eigenvalue weighted by Crippen LogP contribution is 2.29. The van der Waals surface area contributed by atoms with Crippen molar-refractivity contribution in [3.8, 4) is 0 Å². The summed E-state index contributed by atoms with van der Waals surface area (Å²) in [7, 11) is 0. The van der Waals surface area contributed by atoms with E-state index < -0.39 is 0 Å². The van der Waals surface area contributed by atoms with Gasteiger partial charge in [-0.05, 0) is 47.2 Å². The van der Waals surface area contributed by atoms with Crippen LogP contribution in [0, 0.1) is 9.39 Å². The van der Waals surface area contributed by atoms with Gasteiger partial charge in [0.2, 0.25) is 0 Å². The number of hydrogen-bond acceptors (Lipinski definition) is 2. The monoisotopic (exact) mass is 376 g/mol. The van der Waals surface area contributed by atoms with E-state index in [4.69, 9.17) is 0 Å². The van der Waals surface area contributed by atoms with Gasteiger partial charge in [-0.15, -0.1) is 0 Å². The van der Waals surface area contributed by atoms with E-state index in [-0.39, 0.29) is 11.9 Å². The van der Waals surface area contributed by atoms with Gasteiger partial charge < -0.3 is 5.32 Å². The molecule has 1 saturated heterocycles. The molecule has 0 unspecified atom stereocenters. The predicted molar refractivity (Wildman–Crippen MR) is 85.8 cm³/mol. The largest absolute Gasteiger partial charge is 0.314 e. The highest BCUT2D eigenvalue weighted by Gasteiger charge is 2.24.